The number of tetrazole rings is 1. The van der Waals surface area contributed by atoms with E-state index in [2.05, 4.69) is 42.5 Å². The summed E-state index contributed by atoms with van der Waals surface area (Å²) in [5, 5.41) is 19.8. The smallest absolute Gasteiger partial charge is 0.319 e. The van der Waals surface area contributed by atoms with Gasteiger partial charge in [-0.05, 0) is 89.3 Å². The number of hydrogen-bond donors (Lipinski definition) is 2. The number of aryl methyl sites for hydroxylation is 1. The van der Waals surface area contributed by atoms with Crippen molar-refractivity contribution in [2.24, 2.45) is 7.05 Å². The molecule has 0 spiro atoms. The van der Waals surface area contributed by atoms with Gasteiger partial charge in [-0.3, -0.25) is 0 Å². The van der Waals surface area contributed by atoms with E-state index in [1.165, 1.54) is 12.1 Å². The van der Waals surface area contributed by atoms with Crippen LogP contribution >= 0.6 is 11.8 Å². The number of nitrogens with zero attached hydrogens (tertiary/aromatic N) is 5. The number of carbonyl (C=O) groups is 1. The molecule has 8 nitrogen and oxygen atoms in total. The lowest BCUT2D eigenvalue weighted by molar-refractivity contribution is 0.251. The molecule has 0 saturated heterocycles. The van der Waals surface area contributed by atoms with Crippen LogP contribution in [-0.2, 0) is 13.6 Å². The van der Waals surface area contributed by atoms with Crippen LogP contribution in [-0.4, -0.2) is 57.0 Å². The predicted octanol–water partition coefficient (Wildman–Crippen LogP) is 4.55. The van der Waals surface area contributed by atoms with Crippen LogP contribution in [0.1, 0.15) is 29.8 Å². The molecule has 1 aliphatic rings. The zero-order chi connectivity index (χ0) is 25.3. The van der Waals surface area contributed by atoms with E-state index in [1.54, 1.807) is 28.6 Å². The molecule has 1 aliphatic heterocycles. The molecule has 0 fully saturated rings. The lowest BCUT2D eigenvalue weighted by Crippen LogP contribution is -2.30. The van der Waals surface area contributed by atoms with Gasteiger partial charge in [0.2, 0.25) is 0 Å². The van der Waals surface area contributed by atoms with Crippen molar-refractivity contribution in [2.75, 3.05) is 31.2 Å². The second kappa shape index (κ2) is 12.5. The van der Waals surface area contributed by atoms with Gasteiger partial charge >= 0.3 is 6.03 Å². The van der Waals surface area contributed by atoms with Crippen molar-refractivity contribution in [3.63, 3.8) is 0 Å². The number of aromatic nitrogens is 4. The van der Waals surface area contributed by atoms with E-state index in [4.69, 9.17) is 0 Å². The third-order valence-electron chi connectivity index (χ3n) is 5.82. The molecule has 0 unspecified atom stereocenters. The number of unbranched alkanes of at least 4 members (excludes halogenated alkanes) is 1. The fourth-order valence-electron chi connectivity index (χ4n) is 4.00. The monoisotopic (exact) mass is 507 g/mol. The Kier molecular flexibility index (Phi) is 8.85. The van der Waals surface area contributed by atoms with Gasteiger partial charge in [-0.1, -0.05) is 24.3 Å². The summed E-state index contributed by atoms with van der Waals surface area (Å²) in [7, 11) is 3.87. The highest BCUT2D eigenvalue weighted by Crippen LogP contribution is 2.34. The first-order chi connectivity index (χ1) is 17.5. The lowest BCUT2D eigenvalue weighted by Gasteiger charge is -2.17. The first kappa shape index (κ1) is 25.6. The zero-order valence-electron chi connectivity index (χ0n) is 20.4. The Bertz CT molecular complexity index is 1240. The van der Waals surface area contributed by atoms with Crippen molar-refractivity contribution in [1.29, 1.82) is 0 Å². The highest BCUT2D eigenvalue weighted by molar-refractivity contribution is 8.02. The largest absolute Gasteiger partial charge is 0.338 e. The van der Waals surface area contributed by atoms with Gasteiger partial charge in [-0.25, -0.2) is 13.9 Å². The van der Waals surface area contributed by atoms with Gasteiger partial charge in [0.1, 0.15) is 5.82 Å². The van der Waals surface area contributed by atoms with Crippen molar-refractivity contribution in [3.05, 3.63) is 82.8 Å². The summed E-state index contributed by atoms with van der Waals surface area (Å²) in [6, 6.07) is 14.1. The molecule has 0 bridgehead atoms. The molecule has 3 aromatic rings. The Labute approximate surface area is 214 Å². The number of thioether (sulfide) groups is 1. The Morgan fingerprint density at radius 1 is 1.19 bits per heavy atom. The highest BCUT2D eigenvalue weighted by atomic mass is 32.2. The van der Waals surface area contributed by atoms with Gasteiger partial charge in [-0.2, -0.15) is 0 Å². The minimum Gasteiger partial charge on any atom is -0.338 e. The first-order valence-electron chi connectivity index (χ1n) is 11.8. The van der Waals surface area contributed by atoms with Crippen molar-refractivity contribution in [2.45, 2.75) is 19.4 Å². The van der Waals surface area contributed by atoms with E-state index in [1.807, 2.05) is 38.4 Å². The minimum absolute atomic E-state index is 0.219. The first-order valence-corrected chi connectivity index (χ1v) is 12.9. The third-order valence-corrected chi connectivity index (χ3v) is 6.61. The molecule has 1 aromatic heterocycles. The summed E-state index contributed by atoms with van der Waals surface area (Å²) in [4.78, 5) is 14.6. The SMILES string of the molecule is CN(CCCCNC(=O)Nc1cccc(C2=C(c3nnnn3C)CSC=C2)c1)Cc1ccc(F)cc1. The van der Waals surface area contributed by atoms with Gasteiger partial charge in [-0.15, -0.1) is 16.9 Å². The Balaban J connectivity index is 1.25. The molecular formula is C26H30FN7OS. The van der Waals surface area contributed by atoms with Gasteiger partial charge in [0.25, 0.3) is 0 Å². The van der Waals surface area contributed by atoms with Crippen molar-refractivity contribution in [1.82, 2.24) is 30.4 Å². The van der Waals surface area contributed by atoms with Crippen molar-refractivity contribution < 1.29 is 9.18 Å². The molecule has 188 valence electrons. The fourth-order valence-corrected chi connectivity index (χ4v) is 4.78. The van der Waals surface area contributed by atoms with E-state index in [-0.39, 0.29) is 11.8 Å². The van der Waals surface area contributed by atoms with Crippen LogP contribution in [0.15, 0.2) is 60.0 Å². The zero-order valence-corrected chi connectivity index (χ0v) is 21.3. The number of allylic oxidation sites excluding steroid dienone is 2. The van der Waals surface area contributed by atoms with Crippen molar-refractivity contribution >= 4 is 34.6 Å². The third kappa shape index (κ3) is 7.02. The van der Waals surface area contributed by atoms with Crippen LogP contribution in [0.5, 0.6) is 0 Å². The highest BCUT2D eigenvalue weighted by Gasteiger charge is 2.18. The van der Waals surface area contributed by atoms with E-state index in [0.29, 0.717) is 6.54 Å². The standard InChI is InChI=1S/C26H30FN7OS/c1-33(17-19-8-10-21(27)11-9-19)14-4-3-13-28-26(35)29-22-7-5-6-20(16-22)23-12-15-36-18-24(23)25-30-31-32-34(25)2/h5-12,15-16H,3-4,13-14,17-18H2,1-2H3,(H2,28,29,35). The Morgan fingerprint density at radius 3 is 2.81 bits per heavy atom. The van der Waals surface area contributed by atoms with Gasteiger partial charge in [0.15, 0.2) is 5.82 Å². The number of halogens is 1. The average Bonchev–Trinajstić information content (AvgIpc) is 3.31. The van der Waals surface area contributed by atoms with Gasteiger partial charge in [0.05, 0.1) is 0 Å². The molecule has 2 N–H and O–H groups in total. The number of carbonyl (C=O) groups excluding carboxylic acids is 1. The van der Waals surface area contributed by atoms with Crippen LogP contribution < -0.4 is 10.6 Å². The van der Waals surface area contributed by atoms with E-state index >= 15 is 0 Å². The number of benzene rings is 2. The van der Waals surface area contributed by atoms with Crippen molar-refractivity contribution in [3.8, 4) is 0 Å². The summed E-state index contributed by atoms with van der Waals surface area (Å²) in [6.45, 7) is 2.25. The number of urea groups is 1. The Morgan fingerprint density at radius 2 is 2.03 bits per heavy atom. The average molecular weight is 508 g/mol. The summed E-state index contributed by atoms with van der Waals surface area (Å²) in [5.41, 5.74) is 4.89. The summed E-state index contributed by atoms with van der Waals surface area (Å²) in [5.74, 6) is 1.29. The minimum atomic E-state index is -0.228. The molecule has 0 aliphatic carbocycles. The number of hydrogen-bond acceptors (Lipinski definition) is 6. The fraction of sp³-hybridized carbons (Fsp3) is 0.308. The van der Waals surface area contributed by atoms with E-state index < -0.39 is 0 Å². The molecule has 2 amide bonds. The molecule has 0 atom stereocenters. The molecule has 0 radical (unpaired) electrons. The quantitative estimate of drug-likeness (QED) is 0.392. The molecule has 2 heterocycles. The predicted molar refractivity (Wildman–Crippen MR) is 143 cm³/mol. The van der Waals surface area contributed by atoms with Crippen LogP contribution in [0.3, 0.4) is 0 Å². The maximum absolute atomic E-state index is 13.0. The Hall–Kier alpha value is -3.50. The molecule has 2 aromatic carbocycles. The maximum Gasteiger partial charge on any atom is 0.319 e. The number of nitrogens with one attached hydrogen (secondary N) is 2. The molecule has 36 heavy (non-hydrogen) atoms. The summed E-state index contributed by atoms with van der Waals surface area (Å²) in [6.07, 6.45) is 3.88. The summed E-state index contributed by atoms with van der Waals surface area (Å²) < 4.78 is 14.7. The van der Waals surface area contributed by atoms with Crippen LogP contribution in [0.25, 0.3) is 11.1 Å². The van der Waals surface area contributed by atoms with E-state index in [9.17, 15) is 9.18 Å². The van der Waals surface area contributed by atoms with Gasteiger partial charge < -0.3 is 15.5 Å². The normalized spacial score (nSPS) is 13.3. The van der Waals surface area contributed by atoms with E-state index in [0.717, 1.165) is 65.5 Å². The second-order valence-electron chi connectivity index (χ2n) is 8.67. The topological polar surface area (TPSA) is 88.0 Å². The molecular weight excluding hydrogens is 477 g/mol. The molecule has 0 saturated carbocycles. The summed E-state index contributed by atoms with van der Waals surface area (Å²) >= 11 is 1.69. The van der Waals surface area contributed by atoms with Gasteiger partial charge in [0, 0.05) is 37.2 Å². The number of amides is 2. The van der Waals surface area contributed by atoms with Crippen LogP contribution in [0.4, 0.5) is 14.9 Å². The lowest BCUT2D eigenvalue weighted by atomic mass is 9.99. The van der Waals surface area contributed by atoms with Crippen LogP contribution in [0, 0.1) is 5.82 Å². The number of anilines is 1. The number of rotatable bonds is 10. The molecule has 4 rings (SSSR count). The molecule has 10 heteroatoms. The van der Waals surface area contributed by atoms with Crippen LogP contribution in [0.2, 0.25) is 0 Å². The maximum atomic E-state index is 13.0. The second-order valence-corrected chi connectivity index (χ2v) is 9.56.